The molecular formula is C25H23N3O3. The van der Waals surface area contributed by atoms with Crippen molar-refractivity contribution in [1.82, 2.24) is 14.8 Å². The lowest BCUT2D eigenvalue weighted by atomic mass is 9.99. The fourth-order valence-electron chi connectivity index (χ4n) is 3.66. The van der Waals surface area contributed by atoms with Crippen LogP contribution in [0.4, 0.5) is 0 Å². The van der Waals surface area contributed by atoms with Crippen molar-refractivity contribution in [3.8, 4) is 0 Å². The zero-order valence-corrected chi connectivity index (χ0v) is 17.6. The molecule has 0 saturated carbocycles. The summed E-state index contributed by atoms with van der Waals surface area (Å²) in [5.41, 5.74) is 4.58. The molecule has 31 heavy (non-hydrogen) atoms. The van der Waals surface area contributed by atoms with E-state index >= 15 is 0 Å². The second-order valence-corrected chi connectivity index (χ2v) is 7.38. The summed E-state index contributed by atoms with van der Waals surface area (Å²) in [5.74, 6) is -0.871. The molecule has 0 aliphatic heterocycles. The minimum Gasteiger partial charge on any atom is -0.446 e. The quantitative estimate of drug-likeness (QED) is 0.282. The summed E-state index contributed by atoms with van der Waals surface area (Å²) in [6.07, 6.45) is 3.64. The van der Waals surface area contributed by atoms with Crippen molar-refractivity contribution in [3.05, 3.63) is 94.9 Å². The molecule has 156 valence electrons. The van der Waals surface area contributed by atoms with Gasteiger partial charge >= 0.3 is 5.97 Å². The molecule has 2 aromatic heterocycles. The van der Waals surface area contributed by atoms with Gasteiger partial charge < -0.3 is 9.72 Å². The van der Waals surface area contributed by atoms with E-state index in [4.69, 9.17) is 4.74 Å². The van der Waals surface area contributed by atoms with Gasteiger partial charge in [0, 0.05) is 52.6 Å². The van der Waals surface area contributed by atoms with E-state index in [0.717, 1.165) is 27.9 Å². The van der Waals surface area contributed by atoms with Crippen molar-refractivity contribution in [1.29, 1.82) is 0 Å². The number of Topliss-reactive ketones (excluding diaryl/α,β-unsaturated/α-hetero) is 1. The number of para-hydroxylation sites is 1. The second-order valence-electron chi connectivity index (χ2n) is 7.38. The van der Waals surface area contributed by atoms with Crippen LogP contribution in [-0.4, -0.2) is 26.5 Å². The standard InChI is InChI=1S/C25H23N3O3/c1-16-19(17(2)28(3)27-16)13-14-23(29)31-25(18-9-5-4-6-10-18)24(30)21-15-26-22-12-8-7-11-20(21)22/h4-15,25-26H,1-3H3/b14-13+/t25-/m0/s1. The first-order chi connectivity index (χ1) is 15.0. The van der Waals surface area contributed by atoms with Gasteiger partial charge in [0.25, 0.3) is 0 Å². The van der Waals surface area contributed by atoms with Gasteiger partial charge in [-0.2, -0.15) is 5.10 Å². The van der Waals surface area contributed by atoms with Crippen LogP contribution in [0.3, 0.4) is 0 Å². The van der Waals surface area contributed by atoms with Crippen LogP contribution >= 0.6 is 0 Å². The molecule has 0 amide bonds. The fraction of sp³-hybridized carbons (Fsp3) is 0.160. The van der Waals surface area contributed by atoms with Crippen molar-refractivity contribution in [2.24, 2.45) is 7.05 Å². The van der Waals surface area contributed by atoms with E-state index in [-0.39, 0.29) is 5.78 Å². The molecule has 0 aliphatic carbocycles. The third-order valence-corrected chi connectivity index (χ3v) is 5.38. The zero-order chi connectivity index (χ0) is 22.0. The Balaban J connectivity index is 1.64. The predicted octanol–water partition coefficient (Wildman–Crippen LogP) is 4.70. The van der Waals surface area contributed by atoms with Gasteiger partial charge in [0.05, 0.1) is 5.69 Å². The van der Waals surface area contributed by atoms with E-state index in [1.165, 1.54) is 6.08 Å². The maximum absolute atomic E-state index is 13.4. The molecule has 4 aromatic rings. The minimum atomic E-state index is -1.05. The molecule has 1 atom stereocenters. The number of carbonyl (C=O) groups is 2. The molecule has 0 saturated heterocycles. The lowest BCUT2D eigenvalue weighted by molar-refractivity contribution is -0.141. The van der Waals surface area contributed by atoms with E-state index in [1.807, 2.05) is 63.4 Å². The third kappa shape index (κ3) is 4.05. The van der Waals surface area contributed by atoms with Crippen molar-refractivity contribution >= 4 is 28.7 Å². The average molecular weight is 413 g/mol. The molecule has 2 aromatic carbocycles. The molecule has 1 N–H and O–H groups in total. The average Bonchev–Trinajstić information content (AvgIpc) is 3.31. The van der Waals surface area contributed by atoms with Gasteiger partial charge in [-0.25, -0.2) is 4.79 Å². The predicted molar refractivity (Wildman–Crippen MR) is 120 cm³/mol. The zero-order valence-electron chi connectivity index (χ0n) is 17.6. The summed E-state index contributed by atoms with van der Waals surface area (Å²) in [7, 11) is 1.85. The number of hydrogen-bond acceptors (Lipinski definition) is 4. The molecular weight excluding hydrogens is 390 g/mol. The monoisotopic (exact) mass is 413 g/mol. The van der Waals surface area contributed by atoms with Gasteiger partial charge in [0.1, 0.15) is 0 Å². The molecule has 0 spiro atoms. The maximum atomic E-state index is 13.4. The SMILES string of the molecule is Cc1nn(C)c(C)c1/C=C/C(=O)O[C@H](C(=O)c1c[nH]c2ccccc12)c1ccccc1. The van der Waals surface area contributed by atoms with Gasteiger partial charge in [-0.05, 0) is 26.0 Å². The van der Waals surface area contributed by atoms with Gasteiger partial charge in [-0.3, -0.25) is 9.48 Å². The number of aromatic amines is 1. The normalized spacial score (nSPS) is 12.4. The number of H-pyrrole nitrogens is 1. The van der Waals surface area contributed by atoms with E-state index in [0.29, 0.717) is 11.1 Å². The van der Waals surface area contributed by atoms with Crippen LogP contribution in [0.15, 0.2) is 66.9 Å². The topological polar surface area (TPSA) is 77.0 Å². The lowest BCUT2D eigenvalue weighted by Gasteiger charge is -2.16. The molecule has 0 aliphatic rings. The number of benzene rings is 2. The second kappa shape index (κ2) is 8.44. The number of carbonyl (C=O) groups excluding carboxylic acids is 2. The smallest absolute Gasteiger partial charge is 0.331 e. The van der Waals surface area contributed by atoms with Crippen LogP contribution in [0.2, 0.25) is 0 Å². The van der Waals surface area contributed by atoms with Crippen molar-refractivity contribution in [2.45, 2.75) is 20.0 Å². The Morgan fingerprint density at radius 2 is 1.77 bits per heavy atom. The number of hydrogen-bond donors (Lipinski definition) is 1. The van der Waals surface area contributed by atoms with Crippen LogP contribution in [0.25, 0.3) is 17.0 Å². The maximum Gasteiger partial charge on any atom is 0.331 e. The van der Waals surface area contributed by atoms with Crippen molar-refractivity contribution in [3.63, 3.8) is 0 Å². The molecule has 2 heterocycles. The Kier molecular flexibility index (Phi) is 5.54. The van der Waals surface area contributed by atoms with Crippen LogP contribution in [0, 0.1) is 13.8 Å². The number of fused-ring (bicyclic) bond motifs is 1. The lowest BCUT2D eigenvalue weighted by Crippen LogP contribution is -2.19. The highest BCUT2D eigenvalue weighted by molar-refractivity contribution is 6.10. The fourth-order valence-corrected chi connectivity index (χ4v) is 3.66. The van der Waals surface area contributed by atoms with Crippen LogP contribution in [0.1, 0.15) is 39.0 Å². The van der Waals surface area contributed by atoms with Gasteiger partial charge in [0.2, 0.25) is 5.78 Å². The number of ketones is 1. The summed E-state index contributed by atoms with van der Waals surface area (Å²) < 4.78 is 7.42. The number of rotatable bonds is 6. The highest BCUT2D eigenvalue weighted by Crippen LogP contribution is 2.27. The first-order valence-electron chi connectivity index (χ1n) is 10.00. The Hall–Kier alpha value is -3.93. The highest BCUT2D eigenvalue weighted by Gasteiger charge is 2.27. The van der Waals surface area contributed by atoms with Gasteiger partial charge in [0.15, 0.2) is 6.10 Å². The summed E-state index contributed by atoms with van der Waals surface area (Å²) in [6, 6.07) is 16.6. The summed E-state index contributed by atoms with van der Waals surface area (Å²) in [6.45, 7) is 3.81. The molecule has 0 radical (unpaired) electrons. The Labute approximate surface area is 180 Å². The largest absolute Gasteiger partial charge is 0.446 e. The number of aryl methyl sites for hydroxylation is 2. The van der Waals surface area contributed by atoms with Crippen LogP contribution in [-0.2, 0) is 16.6 Å². The van der Waals surface area contributed by atoms with E-state index in [2.05, 4.69) is 10.1 Å². The number of esters is 1. The van der Waals surface area contributed by atoms with Crippen LogP contribution < -0.4 is 0 Å². The molecule has 6 heteroatoms. The summed E-state index contributed by atoms with van der Waals surface area (Å²) in [4.78, 5) is 29.2. The van der Waals surface area contributed by atoms with Gasteiger partial charge in [-0.1, -0.05) is 48.5 Å². The summed E-state index contributed by atoms with van der Waals surface area (Å²) in [5, 5.41) is 5.14. The Morgan fingerprint density at radius 3 is 2.48 bits per heavy atom. The number of nitrogens with zero attached hydrogens (tertiary/aromatic N) is 2. The Bertz CT molecular complexity index is 1280. The minimum absolute atomic E-state index is 0.279. The van der Waals surface area contributed by atoms with E-state index in [9.17, 15) is 9.59 Å². The number of nitrogens with one attached hydrogen (secondary N) is 1. The first-order valence-corrected chi connectivity index (χ1v) is 10.00. The highest BCUT2D eigenvalue weighted by atomic mass is 16.5. The molecule has 6 nitrogen and oxygen atoms in total. The van der Waals surface area contributed by atoms with E-state index < -0.39 is 12.1 Å². The van der Waals surface area contributed by atoms with Crippen molar-refractivity contribution in [2.75, 3.05) is 0 Å². The Morgan fingerprint density at radius 1 is 1.06 bits per heavy atom. The van der Waals surface area contributed by atoms with E-state index in [1.54, 1.807) is 29.1 Å². The molecule has 0 unspecified atom stereocenters. The number of ether oxygens (including phenoxy) is 1. The third-order valence-electron chi connectivity index (χ3n) is 5.38. The molecule has 0 bridgehead atoms. The molecule has 0 fully saturated rings. The first kappa shape index (κ1) is 20.3. The van der Waals surface area contributed by atoms with Gasteiger partial charge in [-0.15, -0.1) is 0 Å². The molecule has 4 rings (SSSR count). The summed E-state index contributed by atoms with van der Waals surface area (Å²) >= 11 is 0. The van der Waals surface area contributed by atoms with Crippen molar-refractivity contribution < 1.29 is 14.3 Å². The van der Waals surface area contributed by atoms with Crippen LogP contribution in [0.5, 0.6) is 0 Å². The number of aromatic nitrogens is 3.